The number of hydrogen-bond acceptors (Lipinski definition) is 7. The van der Waals surface area contributed by atoms with Crippen molar-refractivity contribution in [2.45, 2.75) is 60.0 Å². The van der Waals surface area contributed by atoms with Crippen molar-refractivity contribution in [2.24, 2.45) is 14.1 Å². The summed E-state index contributed by atoms with van der Waals surface area (Å²) in [6.45, 7) is 16.2. The number of aromatic nitrogens is 7. The number of nitrogens with zero attached hydrogens (tertiary/aromatic N) is 9. The molecule has 12 nitrogen and oxygen atoms in total. The van der Waals surface area contributed by atoms with Gasteiger partial charge in [0.05, 0.1) is 47.3 Å². The van der Waals surface area contributed by atoms with Crippen LogP contribution in [0.5, 0.6) is 5.75 Å². The first kappa shape index (κ1) is 40.3. The second-order valence-corrected chi connectivity index (χ2v) is 17.2. The van der Waals surface area contributed by atoms with E-state index in [0.717, 1.165) is 122 Å². The Kier molecular flexibility index (Phi) is 10.8. The summed E-state index contributed by atoms with van der Waals surface area (Å²) < 4.78 is 20.1. The summed E-state index contributed by atoms with van der Waals surface area (Å²) in [5.41, 5.74) is 11.2. The van der Waals surface area contributed by atoms with Gasteiger partial charge < -0.3 is 23.5 Å². The Morgan fingerprint density at radius 1 is 0.917 bits per heavy atom. The lowest BCUT2D eigenvalue weighted by atomic mass is 9.98. The summed E-state index contributed by atoms with van der Waals surface area (Å²) in [7, 11) is 3.83. The van der Waals surface area contributed by atoms with E-state index in [9.17, 15) is 0 Å². The molecule has 2 aliphatic heterocycles. The third-order valence-electron chi connectivity index (χ3n) is 12.3. The van der Waals surface area contributed by atoms with Gasteiger partial charge in [-0.15, -0.1) is 0 Å². The topological polar surface area (TPSA) is 100 Å². The van der Waals surface area contributed by atoms with Gasteiger partial charge in [-0.1, -0.05) is 29.3 Å². The maximum Gasteiger partial charge on any atom is 0.275 e. The highest BCUT2D eigenvalue weighted by atomic mass is 35.5. The minimum atomic E-state index is -0.0906. The fraction of sp³-hybridized carbons (Fsp3) is 0.391. The number of halogens is 2. The van der Waals surface area contributed by atoms with Crippen LogP contribution in [0.15, 0.2) is 55.0 Å². The van der Waals surface area contributed by atoms with E-state index in [1.165, 1.54) is 0 Å². The molecule has 0 saturated carbocycles. The van der Waals surface area contributed by atoms with Gasteiger partial charge in [0.1, 0.15) is 17.8 Å². The van der Waals surface area contributed by atoms with Crippen molar-refractivity contribution in [3.63, 3.8) is 0 Å². The lowest BCUT2D eigenvalue weighted by Gasteiger charge is -2.34. The van der Waals surface area contributed by atoms with Gasteiger partial charge in [0.15, 0.2) is 5.82 Å². The van der Waals surface area contributed by atoms with Crippen LogP contribution >= 0.6 is 23.2 Å². The molecule has 0 bridgehead atoms. The summed E-state index contributed by atoms with van der Waals surface area (Å²) in [5.74, 6) is 1.39. The SMILES string of the molecule is Cc1cc(OCCCc2c3n(c4c(-c5c(C)nn(C)c5C)c(Cl)ccc24)C(C)CN(c2cn(CCN4CCOCC4)c4ccc(-c5ncn(C)n5)cc24)C3=O)cc(C)c1Cl. The Morgan fingerprint density at radius 3 is 2.38 bits per heavy atom. The molecule has 3 aromatic carbocycles. The molecule has 1 unspecified atom stereocenters. The van der Waals surface area contributed by atoms with Gasteiger partial charge in [0.2, 0.25) is 0 Å². The highest BCUT2D eigenvalue weighted by Crippen LogP contribution is 2.46. The second kappa shape index (κ2) is 16.0. The smallest absolute Gasteiger partial charge is 0.275 e. The van der Waals surface area contributed by atoms with E-state index in [-0.39, 0.29) is 11.9 Å². The molecule has 14 heteroatoms. The number of rotatable bonds is 11. The van der Waals surface area contributed by atoms with Gasteiger partial charge in [0, 0.05) is 97.2 Å². The molecule has 2 aliphatic rings. The van der Waals surface area contributed by atoms with Gasteiger partial charge in [0.25, 0.3) is 5.91 Å². The van der Waals surface area contributed by atoms with Gasteiger partial charge in [-0.2, -0.15) is 10.2 Å². The Labute approximate surface area is 360 Å². The van der Waals surface area contributed by atoms with Crippen LogP contribution in [0.25, 0.3) is 44.3 Å². The highest BCUT2D eigenvalue weighted by Gasteiger charge is 2.38. The molecule has 1 atom stereocenters. The minimum Gasteiger partial charge on any atom is -0.494 e. The number of amides is 1. The first-order valence-electron chi connectivity index (χ1n) is 20.8. The number of anilines is 1. The standard InChI is InChI=1S/C46H51Cl2N9O3/c1-27-21-33(22-28(2)42(27)48)60-18-8-9-34-35-11-12-37(47)41(40-30(4)50-53(7)31(40)5)43(35)57-29(3)24-56(46(58)44(34)57)39-25-55(15-14-54-16-19-59-20-17-54)38-13-10-32(23-36(38)39)45-49-26-52(6)51-45/h10-13,21-23,25-26,29H,8-9,14-20,24H2,1-7H3. The number of ether oxygens (including phenoxy) is 2. The number of carbonyl (C=O) groups excluding carboxylic acids is 1. The predicted molar refractivity (Wildman–Crippen MR) is 239 cm³/mol. The molecule has 9 rings (SSSR count). The predicted octanol–water partition coefficient (Wildman–Crippen LogP) is 8.90. The monoisotopic (exact) mass is 847 g/mol. The van der Waals surface area contributed by atoms with E-state index in [4.69, 9.17) is 37.8 Å². The zero-order valence-corrected chi connectivity index (χ0v) is 36.9. The molecule has 312 valence electrons. The van der Waals surface area contributed by atoms with Crippen molar-refractivity contribution in [2.75, 3.05) is 50.9 Å². The molecule has 0 radical (unpaired) electrons. The molecule has 7 aromatic rings. The molecule has 1 saturated heterocycles. The number of fused-ring (bicyclic) bond motifs is 4. The molecule has 1 fully saturated rings. The van der Waals surface area contributed by atoms with E-state index in [1.807, 2.05) is 62.6 Å². The second-order valence-electron chi connectivity index (χ2n) is 16.4. The van der Waals surface area contributed by atoms with Crippen LogP contribution < -0.4 is 9.64 Å². The molecular weight excluding hydrogens is 797 g/mol. The van der Waals surface area contributed by atoms with Crippen LogP contribution in [-0.4, -0.2) is 90.5 Å². The third-order valence-corrected chi connectivity index (χ3v) is 13.2. The molecule has 0 spiro atoms. The Balaban J connectivity index is 1.16. The van der Waals surface area contributed by atoms with Gasteiger partial charge >= 0.3 is 0 Å². The fourth-order valence-electron chi connectivity index (χ4n) is 9.30. The lowest BCUT2D eigenvalue weighted by molar-refractivity contribution is 0.0365. The maximum atomic E-state index is 15.6. The van der Waals surface area contributed by atoms with Crippen molar-refractivity contribution in [1.82, 2.24) is 38.6 Å². The van der Waals surface area contributed by atoms with Crippen LogP contribution in [0.1, 0.15) is 58.0 Å². The summed E-state index contributed by atoms with van der Waals surface area (Å²) >= 11 is 13.7. The van der Waals surface area contributed by atoms with Gasteiger partial charge in [-0.3, -0.25) is 19.1 Å². The van der Waals surface area contributed by atoms with E-state index in [0.29, 0.717) is 42.5 Å². The molecule has 4 aromatic heterocycles. The average Bonchev–Trinajstić information content (AvgIpc) is 3.98. The Morgan fingerprint density at radius 2 is 1.68 bits per heavy atom. The van der Waals surface area contributed by atoms with Crippen molar-refractivity contribution < 1.29 is 14.3 Å². The average molecular weight is 849 g/mol. The number of morpholine rings is 1. The van der Waals surface area contributed by atoms with Crippen molar-refractivity contribution in [3.05, 3.63) is 98.8 Å². The molecule has 0 N–H and O–H groups in total. The van der Waals surface area contributed by atoms with Crippen LogP contribution in [0.3, 0.4) is 0 Å². The molecule has 0 aliphatic carbocycles. The van der Waals surface area contributed by atoms with Crippen LogP contribution in [0.4, 0.5) is 5.69 Å². The Bertz CT molecular complexity index is 2770. The summed E-state index contributed by atoms with van der Waals surface area (Å²) in [6.07, 6.45) is 5.19. The van der Waals surface area contributed by atoms with E-state index in [1.54, 1.807) is 11.0 Å². The molecule has 60 heavy (non-hydrogen) atoms. The van der Waals surface area contributed by atoms with Crippen LogP contribution in [0.2, 0.25) is 10.0 Å². The maximum absolute atomic E-state index is 15.6. The van der Waals surface area contributed by atoms with Crippen molar-refractivity contribution in [3.8, 4) is 28.3 Å². The number of hydrogen-bond donors (Lipinski definition) is 0. The first-order valence-corrected chi connectivity index (χ1v) is 21.5. The minimum absolute atomic E-state index is 0.0422. The van der Waals surface area contributed by atoms with E-state index < -0.39 is 0 Å². The van der Waals surface area contributed by atoms with Gasteiger partial charge in [-0.25, -0.2) is 4.98 Å². The molecule has 1 amide bonds. The molecular formula is C46H51Cl2N9O3. The fourth-order valence-corrected chi connectivity index (χ4v) is 9.66. The van der Waals surface area contributed by atoms with Gasteiger partial charge in [-0.05, 0) is 101 Å². The summed E-state index contributed by atoms with van der Waals surface area (Å²) in [4.78, 5) is 24.5. The largest absolute Gasteiger partial charge is 0.494 e. The van der Waals surface area contributed by atoms with Crippen molar-refractivity contribution >= 4 is 56.6 Å². The Hall–Kier alpha value is -5.14. The van der Waals surface area contributed by atoms with E-state index in [2.05, 4.69) is 68.4 Å². The summed E-state index contributed by atoms with van der Waals surface area (Å²) in [5, 5.41) is 12.8. The zero-order chi connectivity index (χ0) is 42.0. The normalized spacial score (nSPS) is 16.1. The molecule has 6 heterocycles. The van der Waals surface area contributed by atoms with Crippen LogP contribution in [0, 0.1) is 27.7 Å². The summed E-state index contributed by atoms with van der Waals surface area (Å²) in [6, 6.07) is 14.3. The highest BCUT2D eigenvalue weighted by molar-refractivity contribution is 6.35. The van der Waals surface area contributed by atoms with Crippen LogP contribution in [-0.2, 0) is 31.8 Å². The van der Waals surface area contributed by atoms with Crippen molar-refractivity contribution in [1.29, 1.82) is 0 Å². The quantitative estimate of drug-likeness (QED) is 0.120. The van der Waals surface area contributed by atoms with E-state index >= 15 is 4.79 Å². The lowest BCUT2D eigenvalue weighted by Crippen LogP contribution is -2.42. The number of carbonyl (C=O) groups is 1. The third kappa shape index (κ3) is 7.06. The first-order chi connectivity index (χ1) is 28.9. The number of benzene rings is 3. The number of aryl methyl sites for hydroxylation is 6. The zero-order valence-electron chi connectivity index (χ0n) is 35.4.